The van der Waals surface area contributed by atoms with Gasteiger partial charge in [0.2, 0.25) is 11.8 Å². The Morgan fingerprint density at radius 1 is 1.00 bits per heavy atom. The summed E-state index contributed by atoms with van der Waals surface area (Å²) in [7, 11) is 11.7. The highest BCUT2D eigenvalue weighted by Crippen LogP contribution is 2.06. The minimum atomic E-state index is -0.144. The molecule has 0 aliphatic carbocycles. The zero-order valence-electron chi connectivity index (χ0n) is 12.0. The summed E-state index contributed by atoms with van der Waals surface area (Å²) in [5.41, 5.74) is 0.589. The fourth-order valence-corrected chi connectivity index (χ4v) is 1.25. The second kappa shape index (κ2) is 9.58. The van der Waals surface area contributed by atoms with Crippen LogP contribution in [0.2, 0.25) is 0 Å². The molecule has 7 heteroatoms. The van der Waals surface area contributed by atoms with E-state index < -0.39 is 0 Å². The van der Waals surface area contributed by atoms with E-state index in [2.05, 4.69) is 0 Å². The number of hydrogen-bond acceptors (Lipinski definition) is 4. The van der Waals surface area contributed by atoms with E-state index in [9.17, 15) is 9.59 Å². The van der Waals surface area contributed by atoms with Gasteiger partial charge in [-0.25, -0.2) is 10.1 Å². The molecule has 0 fully saturated rings. The van der Waals surface area contributed by atoms with Gasteiger partial charge in [-0.1, -0.05) is 6.08 Å². The normalized spacial score (nSPS) is 11.3. The summed E-state index contributed by atoms with van der Waals surface area (Å²) >= 11 is 0. The number of hydroxylamine groups is 4. The Bertz CT molecular complexity index is 334. The number of allylic oxidation sites excluding steroid dienone is 2. The molecular weight excluding hydrogens is 247 g/mol. The van der Waals surface area contributed by atoms with Crippen molar-refractivity contribution >= 4 is 19.7 Å². The highest BCUT2D eigenvalue weighted by Gasteiger charge is 2.08. The summed E-state index contributed by atoms with van der Waals surface area (Å²) in [6.45, 7) is 0. The highest BCUT2D eigenvalue weighted by atomic mass is 16.7. The Kier molecular flexibility index (Phi) is 8.90. The van der Waals surface area contributed by atoms with Gasteiger partial charge in [0.25, 0.3) is 0 Å². The van der Waals surface area contributed by atoms with E-state index in [1.165, 1.54) is 19.3 Å². The van der Waals surface area contributed by atoms with E-state index in [1.54, 1.807) is 20.2 Å². The summed E-state index contributed by atoms with van der Waals surface area (Å²) in [6, 6.07) is 0. The quantitative estimate of drug-likeness (QED) is 0.479. The maximum Gasteiger partial charge on any atom is 0.246 e. The van der Waals surface area contributed by atoms with Crippen LogP contribution in [-0.4, -0.2) is 58.1 Å². The van der Waals surface area contributed by atoms with Crippen molar-refractivity contribution in [3.8, 4) is 0 Å². The van der Waals surface area contributed by atoms with Gasteiger partial charge in [-0.3, -0.25) is 19.3 Å². The van der Waals surface area contributed by atoms with E-state index in [-0.39, 0.29) is 18.2 Å². The first-order chi connectivity index (χ1) is 8.92. The molecule has 0 saturated heterocycles. The monoisotopic (exact) mass is 268 g/mol. The third-order valence-electron chi connectivity index (χ3n) is 2.64. The smallest absolute Gasteiger partial charge is 0.246 e. The minimum Gasteiger partial charge on any atom is -0.275 e. The Morgan fingerprint density at radius 2 is 1.47 bits per heavy atom. The Labute approximate surface area is 115 Å². The van der Waals surface area contributed by atoms with Gasteiger partial charge in [-0.05, 0) is 12.8 Å². The van der Waals surface area contributed by atoms with E-state index >= 15 is 0 Å². The first kappa shape index (κ1) is 17.7. The van der Waals surface area contributed by atoms with Crippen molar-refractivity contribution in [2.75, 3.05) is 28.3 Å². The molecule has 0 aromatic carbocycles. The molecule has 0 atom stereocenters. The molecule has 0 unspecified atom stereocenters. The largest absolute Gasteiger partial charge is 0.275 e. The fraction of sp³-hybridized carbons (Fsp3) is 0.667. The zero-order chi connectivity index (χ0) is 14.8. The summed E-state index contributed by atoms with van der Waals surface area (Å²) in [5, 5.41) is 2.32. The van der Waals surface area contributed by atoms with Crippen molar-refractivity contribution in [3.05, 3.63) is 11.5 Å². The van der Waals surface area contributed by atoms with Crippen LogP contribution in [0.15, 0.2) is 11.5 Å². The predicted molar refractivity (Wildman–Crippen MR) is 71.9 cm³/mol. The third-order valence-corrected chi connectivity index (χ3v) is 2.64. The number of hydrogen-bond donors (Lipinski definition) is 0. The molecule has 0 N–H and O–H groups in total. The maximum atomic E-state index is 11.4. The lowest BCUT2D eigenvalue weighted by Crippen LogP contribution is -2.25. The Balaban J connectivity index is 3.96. The SMILES string of the molecule is [B]/C(=C\CCC(=O)N(C)OC)CCC(=O)N(C)OC. The van der Waals surface area contributed by atoms with Gasteiger partial charge in [0, 0.05) is 26.9 Å². The number of carbonyl (C=O) groups is 2. The van der Waals surface area contributed by atoms with Gasteiger partial charge in [-0.15, -0.1) is 5.47 Å². The molecule has 0 saturated carbocycles. The summed E-state index contributed by atoms with van der Waals surface area (Å²) in [5.74, 6) is -0.268. The van der Waals surface area contributed by atoms with Gasteiger partial charge in [0.1, 0.15) is 7.85 Å². The first-order valence-electron chi connectivity index (χ1n) is 5.98. The van der Waals surface area contributed by atoms with Crippen LogP contribution in [0.3, 0.4) is 0 Å². The van der Waals surface area contributed by atoms with Crippen LogP contribution < -0.4 is 0 Å². The van der Waals surface area contributed by atoms with Crippen LogP contribution in [-0.2, 0) is 19.3 Å². The van der Waals surface area contributed by atoms with Crippen LogP contribution in [0.5, 0.6) is 0 Å². The van der Waals surface area contributed by atoms with Gasteiger partial charge < -0.3 is 0 Å². The van der Waals surface area contributed by atoms with E-state index in [1.807, 2.05) is 0 Å². The minimum absolute atomic E-state index is 0.123. The van der Waals surface area contributed by atoms with Crippen LogP contribution >= 0.6 is 0 Å². The highest BCUT2D eigenvalue weighted by molar-refractivity contribution is 6.21. The molecule has 19 heavy (non-hydrogen) atoms. The topological polar surface area (TPSA) is 59.1 Å². The summed E-state index contributed by atoms with van der Waals surface area (Å²) in [6.07, 6.45) is 3.31. The van der Waals surface area contributed by atoms with Crippen LogP contribution in [0.25, 0.3) is 0 Å². The van der Waals surface area contributed by atoms with Crippen molar-refractivity contribution < 1.29 is 19.3 Å². The number of nitrogens with zero attached hydrogens (tertiary/aromatic N) is 2. The van der Waals surface area contributed by atoms with E-state index in [4.69, 9.17) is 17.5 Å². The van der Waals surface area contributed by atoms with Crippen molar-refractivity contribution in [1.82, 2.24) is 10.1 Å². The van der Waals surface area contributed by atoms with Crippen molar-refractivity contribution in [3.63, 3.8) is 0 Å². The molecule has 6 nitrogen and oxygen atoms in total. The fourth-order valence-electron chi connectivity index (χ4n) is 1.25. The average molecular weight is 268 g/mol. The van der Waals surface area contributed by atoms with E-state index in [0.29, 0.717) is 24.7 Å². The van der Waals surface area contributed by atoms with Crippen LogP contribution in [0, 0.1) is 0 Å². The third kappa shape index (κ3) is 7.64. The van der Waals surface area contributed by atoms with Gasteiger partial charge in [0.05, 0.1) is 14.2 Å². The zero-order valence-corrected chi connectivity index (χ0v) is 12.0. The molecule has 0 aromatic rings. The van der Waals surface area contributed by atoms with Gasteiger partial charge >= 0.3 is 0 Å². The van der Waals surface area contributed by atoms with Crippen molar-refractivity contribution in [2.24, 2.45) is 0 Å². The Morgan fingerprint density at radius 3 is 1.95 bits per heavy atom. The second-order valence-electron chi connectivity index (χ2n) is 3.97. The molecular formula is C12H21BN2O4. The van der Waals surface area contributed by atoms with E-state index in [0.717, 1.165) is 5.06 Å². The van der Waals surface area contributed by atoms with Crippen molar-refractivity contribution in [1.29, 1.82) is 0 Å². The lowest BCUT2D eigenvalue weighted by atomic mass is 9.89. The molecule has 0 heterocycles. The first-order valence-corrected chi connectivity index (χ1v) is 5.98. The number of carbonyl (C=O) groups excluding carboxylic acids is 2. The standard InChI is InChI=1S/C12H21BN2O4/c1-14(18-3)11(16)7-5-6-10(13)8-9-12(17)15(2)19-4/h6H,5,7-9H2,1-4H3/b10-6-. The average Bonchev–Trinajstić information content (AvgIpc) is 2.42. The molecule has 2 radical (unpaired) electrons. The summed E-state index contributed by atoms with van der Waals surface area (Å²) < 4.78 is 0. The molecule has 2 amide bonds. The molecule has 0 aliphatic rings. The second-order valence-corrected chi connectivity index (χ2v) is 3.97. The maximum absolute atomic E-state index is 11.4. The number of rotatable bonds is 8. The molecule has 0 spiro atoms. The lowest BCUT2D eigenvalue weighted by Gasteiger charge is -2.14. The lowest BCUT2D eigenvalue weighted by molar-refractivity contribution is -0.169. The Hall–Kier alpha value is -1.34. The molecule has 0 rings (SSSR count). The molecule has 0 aromatic heterocycles. The van der Waals surface area contributed by atoms with Gasteiger partial charge in [-0.2, -0.15) is 0 Å². The molecule has 0 aliphatic heterocycles. The number of amides is 2. The van der Waals surface area contributed by atoms with Crippen LogP contribution in [0.4, 0.5) is 0 Å². The molecule has 106 valence electrons. The predicted octanol–water partition coefficient (Wildman–Crippen LogP) is 0.639. The molecule has 0 bridgehead atoms. The van der Waals surface area contributed by atoms with Crippen molar-refractivity contribution in [2.45, 2.75) is 25.7 Å². The van der Waals surface area contributed by atoms with Gasteiger partial charge in [0.15, 0.2) is 0 Å². The van der Waals surface area contributed by atoms with Crippen LogP contribution in [0.1, 0.15) is 25.7 Å². The summed E-state index contributed by atoms with van der Waals surface area (Å²) in [4.78, 5) is 32.3.